The molecule has 4 heteroatoms. The fourth-order valence-electron chi connectivity index (χ4n) is 4.04. The van der Waals surface area contributed by atoms with E-state index in [9.17, 15) is 9.18 Å². The number of hydrogen-bond donors (Lipinski definition) is 1. The van der Waals surface area contributed by atoms with Crippen molar-refractivity contribution in [1.82, 2.24) is 5.32 Å². The first-order valence-corrected chi connectivity index (χ1v) is 8.21. The van der Waals surface area contributed by atoms with E-state index in [0.29, 0.717) is 23.3 Å². The van der Waals surface area contributed by atoms with Crippen LogP contribution in [-0.2, 0) is 0 Å². The molecule has 1 N–H and O–H groups in total. The zero-order chi connectivity index (χ0) is 15.9. The van der Waals surface area contributed by atoms with Crippen molar-refractivity contribution < 1.29 is 9.18 Å². The number of aldehydes is 1. The van der Waals surface area contributed by atoms with Crippen LogP contribution in [0.25, 0.3) is 0 Å². The van der Waals surface area contributed by atoms with Crippen LogP contribution in [0.3, 0.4) is 0 Å². The highest BCUT2D eigenvalue weighted by Crippen LogP contribution is 2.35. The molecule has 1 heterocycles. The number of carbonyl (C=O) groups is 1. The van der Waals surface area contributed by atoms with Gasteiger partial charge in [0, 0.05) is 29.7 Å². The Hall–Kier alpha value is -1.42. The largest absolute Gasteiger partial charge is 0.363 e. The van der Waals surface area contributed by atoms with Crippen molar-refractivity contribution in [2.75, 3.05) is 11.4 Å². The van der Waals surface area contributed by atoms with Gasteiger partial charge < -0.3 is 10.2 Å². The molecular formula is C18H25FN2O. The first-order valence-electron chi connectivity index (χ1n) is 8.21. The van der Waals surface area contributed by atoms with Gasteiger partial charge in [0.15, 0.2) is 0 Å². The molecule has 1 aliphatic heterocycles. The molecule has 3 rings (SSSR count). The summed E-state index contributed by atoms with van der Waals surface area (Å²) in [4.78, 5) is 13.2. The maximum atomic E-state index is 14.6. The van der Waals surface area contributed by atoms with Crippen LogP contribution >= 0.6 is 0 Å². The third kappa shape index (κ3) is 2.76. The third-order valence-corrected chi connectivity index (χ3v) is 5.04. The SMILES string of the molecule is Cc1cc(N2CC(C)(C)N[C@@H]3CCCC[C@@H]32)c(F)cc1C=O. The van der Waals surface area contributed by atoms with Crippen molar-refractivity contribution in [1.29, 1.82) is 0 Å². The summed E-state index contributed by atoms with van der Waals surface area (Å²) in [6.07, 6.45) is 5.42. The monoisotopic (exact) mass is 304 g/mol. The Kier molecular flexibility index (Phi) is 3.98. The zero-order valence-electron chi connectivity index (χ0n) is 13.7. The molecule has 0 amide bonds. The molecule has 1 aromatic rings. The molecule has 0 radical (unpaired) electrons. The van der Waals surface area contributed by atoms with Crippen LogP contribution in [0.4, 0.5) is 10.1 Å². The van der Waals surface area contributed by atoms with E-state index in [1.165, 1.54) is 18.9 Å². The summed E-state index contributed by atoms with van der Waals surface area (Å²) in [5.74, 6) is -0.283. The lowest BCUT2D eigenvalue weighted by molar-refractivity contribution is 0.112. The van der Waals surface area contributed by atoms with Gasteiger partial charge in [0.2, 0.25) is 0 Å². The number of fused-ring (bicyclic) bond motifs is 1. The van der Waals surface area contributed by atoms with E-state index >= 15 is 0 Å². The highest BCUT2D eigenvalue weighted by atomic mass is 19.1. The number of halogens is 1. The number of rotatable bonds is 2. The van der Waals surface area contributed by atoms with Crippen molar-refractivity contribution in [3.8, 4) is 0 Å². The molecule has 0 bridgehead atoms. The second-order valence-corrected chi connectivity index (χ2v) is 7.39. The summed E-state index contributed by atoms with van der Waals surface area (Å²) in [5.41, 5.74) is 1.89. The van der Waals surface area contributed by atoms with Gasteiger partial charge in [-0.15, -0.1) is 0 Å². The molecule has 2 fully saturated rings. The molecule has 0 aromatic heterocycles. The molecule has 2 aliphatic rings. The lowest BCUT2D eigenvalue weighted by atomic mass is 9.83. The number of benzene rings is 1. The third-order valence-electron chi connectivity index (χ3n) is 5.04. The van der Waals surface area contributed by atoms with Gasteiger partial charge in [0.1, 0.15) is 12.1 Å². The number of anilines is 1. The summed E-state index contributed by atoms with van der Waals surface area (Å²) in [6, 6.07) is 3.98. The topological polar surface area (TPSA) is 32.3 Å². The molecule has 2 atom stereocenters. The molecular weight excluding hydrogens is 279 g/mol. The zero-order valence-corrected chi connectivity index (χ0v) is 13.7. The van der Waals surface area contributed by atoms with Crippen LogP contribution in [-0.4, -0.2) is 30.5 Å². The fraction of sp³-hybridized carbons (Fsp3) is 0.611. The second kappa shape index (κ2) is 5.65. The summed E-state index contributed by atoms with van der Waals surface area (Å²) in [7, 11) is 0. The Morgan fingerprint density at radius 3 is 2.77 bits per heavy atom. The van der Waals surface area contributed by atoms with E-state index in [0.717, 1.165) is 31.2 Å². The van der Waals surface area contributed by atoms with E-state index in [1.807, 2.05) is 13.0 Å². The molecule has 0 spiro atoms. The minimum Gasteiger partial charge on any atom is -0.363 e. The summed E-state index contributed by atoms with van der Waals surface area (Å²) in [6.45, 7) is 7.01. The van der Waals surface area contributed by atoms with Gasteiger partial charge in [0.25, 0.3) is 0 Å². The van der Waals surface area contributed by atoms with Crippen LogP contribution in [0.15, 0.2) is 12.1 Å². The fourth-order valence-corrected chi connectivity index (χ4v) is 4.04. The number of nitrogens with one attached hydrogen (secondary N) is 1. The van der Waals surface area contributed by atoms with Gasteiger partial charge in [-0.25, -0.2) is 4.39 Å². The maximum Gasteiger partial charge on any atom is 0.150 e. The molecule has 22 heavy (non-hydrogen) atoms. The van der Waals surface area contributed by atoms with E-state index < -0.39 is 0 Å². The number of nitrogens with zero attached hydrogens (tertiary/aromatic N) is 1. The van der Waals surface area contributed by atoms with Crippen LogP contribution in [0.5, 0.6) is 0 Å². The first-order chi connectivity index (χ1) is 10.4. The van der Waals surface area contributed by atoms with Crippen molar-refractivity contribution in [3.63, 3.8) is 0 Å². The Labute approximate surface area is 131 Å². The lowest BCUT2D eigenvalue weighted by Crippen LogP contribution is -2.67. The number of piperazine rings is 1. The average molecular weight is 304 g/mol. The highest BCUT2D eigenvalue weighted by Gasteiger charge is 2.41. The van der Waals surface area contributed by atoms with Gasteiger partial charge in [-0.3, -0.25) is 4.79 Å². The summed E-state index contributed by atoms with van der Waals surface area (Å²) >= 11 is 0. The van der Waals surface area contributed by atoms with Crippen molar-refractivity contribution >= 4 is 12.0 Å². The van der Waals surface area contributed by atoms with Gasteiger partial charge in [-0.1, -0.05) is 12.8 Å². The minimum atomic E-state index is -0.283. The van der Waals surface area contributed by atoms with Crippen LogP contribution in [0.2, 0.25) is 0 Å². The average Bonchev–Trinajstić information content (AvgIpc) is 2.47. The standard InChI is InChI=1S/C18H25FN2O/c1-12-8-17(14(19)9-13(12)10-22)21-11-18(2,3)20-15-6-4-5-7-16(15)21/h8-10,15-16,20H,4-7,11H2,1-3H3/t15-,16+/m1/s1. The van der Waals surface area contributed by atoms with Crippen molar-refractivity contribution in [2.45, 2.75) is 64.1 Å². The first kappa shape index (κ1) is 15.5. The number of hydrogen-bond acceptors (Lipinski definition) is 3. The summed E-state index contributed by atoms with van der Waals surface area (Å²) in [5, 5.41) is 3.73. The quantitative estimate of drug-likeness (QED) is 0.849. The van der Waals surface area contributed by atoms with Crippen molar-refractivity contribution in [2.24, 2.45) is 0 Å². The highest BCUT2D eigenvalue weighted by molar-refractivity contribution is 5.78. The van der Waals surface area contributed by atoms with E-state index in [2.05, 4.69) is 24.1 Å². The Bertz CT molecular complexity index is 585. The van der Waals surface area contributed by atoms with E-state index in [4.69, 9.17) is 0 Å². The summed E-state index contributed by atoms with van der Waals surface area (Å²) < 4.78 is 14.6. The normalized spacial score (nSPS) is 27.4. The predicted molar refractivity (Wildman–Crippen MR) is 87.1 cm³/mol. The molecule has 1 saturated carbocycles. The van der Waals surface area contributed by atoms with E-state index in [1.54, 1.807) is 0 Å². The molecule has 0 unspecified atom stereocenters. The second-order valence-electron chi connectivity index (χ2n) is 7.39. The van der Waals surface area contributed by atoms with E-state index in [-0.39, 0.29) is 11.4 Å². The van der Waals surface area contributed by atoms with Gasteiger partial charge >= 0.3 is 0 Å². The van der Waals surface area contributed by atoms with Crippen LogP contribution in [0, 0.1) is 12.7 Å². The molecule has 120 valence electrons. The molecule has 1 aliphatic carbocycles. The number of carbonyl (C=O) groups excluding carboxylic acids is 1. The molecule has 1 aromatic carbocycles. The maximum absolute atomic E-state index is 14.6. The van der Waals surface area contributed by atoms with Gasteiger partial charge in [0.05, 0.1) is 5.69 Å². The van der Waals surface area contributed by atoms with Crippen molar-refractivity contribution in [3.05, 3.63) is 29.1 Å². The Morgan fingerprint density at radius 2 is 2.05 bits per heavy atom. The number of aryl methyl sites for hydroxylation is 1. The Morgan fingerprint density at radius 1 is 1.32 bits per heavy atom. The minimum absolute atomic E-state index is 0.0395. The molecule has 1 saturated heterocycles. The Balaban J connectivity index is 2.00. The lowest BCUT2D eigenvalue weighted by Gasteiger charge is -2.52. The van der Waals surface area contributed by atoms with Crippen LogP contribution < -0.4 is 10.2 Å². The van der Waals surface area contributed by atoms with Gasteiger partial charge in [-0.05, 0) is 51.3 Å². The smallest absolute Gasteiger partial charge is 0.150 e. The van der Waals surface area contributed by atoms with Gasteiger partial charge in [-0.2, -0.15) is 0 Å². The van der Waals surface area contributed by atoms with Crippen LogP contribution in [0.1, 0.15) is 55.5 Å². The predicted octanol–water partition coefficient (Wildman–Crippen LogP) is 3.45. The molecule has 3 nitrogen and oxygen atoms in total.